The molecule has 0 radical (unpaired) electrons. The van der Waals surface area contributed by atoms with Gasteiger partial charge in [0.15, 0.2) is 0 Å². The molecule has 3 aromatic rings. The summed E-state index contributed by atoms with van der Waals surface area (Å²) in [7, 11) is 0. The van der Waals surface area contributed by atoms with Crippen molar-refractivity contribution in [2.75, 3.05) is 26.4 Å². The third-order valence-corrected chi connectivity index (χ3v) is 5.56. The Bertz CT molecular complexity index is 1220. The summed E-state index contributed by atoms with van der Waals surface area (Å²) in [6.45, 7) is 1.58. The molecule has 2 aliphatic heterocycles. The lowest BCUT2D eigenvalue weighted by atomic mass is 10.1. The predicted molar refractivity (Wildman–Crippen MR) is 129 cm³/mol. The number of ether oxygens (including phenoxy) is 6. The van der Waals surface area contributed by atoms with Gasteiger partial charge in [-0.25, -0.2) is 19.2 Å². The van der Waals surface area contributed by atoms with Gasteiger partial charge in [0.1, 0.15) is 36.9 Å². The Hall–Kier alpha value is -4.54. The van der Waals surface area contributed by atoms with Crippen LogP contribution < -0.4 is 9.47 Å². The van der Waals surface area contributed by atoms with Gasteiger partial charge >= 0.3 is 23.9 Å². The third kappa shape index (κ3) is 6.81. The largest absolute Gasteiger partial charge is 0.459 e. The fourth-order valence-corrected chi connectivity index (χ4v) is 3.22. The van der Waals surface area contributed by atoms with Crippen LogP contribution in [0.3, 0.4) is 0 Å². The standard InChI is InChI=1S/C28H22O10/c29-25(35-15-23-13-33-23)17-1-5-19(6-2-17)27(31)37-21-9-11-22(12-10-21)38-28(32)20-7-3-18(4-8-20)26(30)36-16-24-14-34-24/h1-12,23-24H,13-16H2. The van der Waals surface area contributed by atoms with E-state index in [1.165, 1.54) is 72.8 Å². The third-order valence-electron chi connectivity index (χ3n) is 5.56. The van der Waals surface area contributed by atoms with Gasteiger partial charge < -0.3 is 28.4 Å². The minimum Gasteiger partial charge on any atom is -0.459 e. The summed E-state index contributed by atoms with van der Waals surface area (Å²) >= 11 is 0. The average molecular weight is 518 g/mol. The Kier molecular flexibility index (Phi) is 7.43. The van der Waals surface area contributed by atoms with Gasteiger partial charge in [0.05, 0.1) is 35.5 Å². The van der Waals surface area contributed by atoms with Crippen molar-refractivity contribution in [2.24, 2.45) is 0 Å². The highest BCUT2D eigenvalue weighted by Crippen LogP contribution is 2.21. The fourth-order valence-electron chi connectivity index (χ4n) is 3.22. The zero-order chi connectivity index (χ0) is 26.5. The van der Waals surface area contributed by atoms with Crippen LogP contribution in [-0.2, 0) is 18.9 Å². The van der Waals surface area contributed by atoms with Crippen LogP contribution in [0.5, 0.6) is 11.5 Å². The van der Waals surface area contributed by atoms with Crippen molar-refractivity contribution >= 4 is 23.9 Å². The topological polar surface area (TPSA) is 130 Å². The lowest BCUT2D eigenvalue weighted by molar-refractivity contribution is 0.0468. The van der Waals surface area contributed by atoms with E-state index in [2.05, 4.69) is 0 Å². The van der Waals surface area contributed by atoms with E-state index in [0.717, 1.165) is 0 Å². The molecular formula is C28H22O10. The van der Waals surface area contributed by atoms with E-state index in [4.69, 9.17) is 28.4 Å². The monoisotopic (exact) mass is 518 g/mol. The predicted octanol–water partition coefficient (Wildman–Crippen LogP) is 3.24. The van der Waals surface area contributed by atoms with Crippen molar-refractivity contribution < 1.29 is 47.6 Å². The molecule has 2 atom stereocenters. The number of carbonyl (C=O) groups is 4. The molecule has 0 amide bonds. The van der Waals surface area contributed by atoms with Gasteiger partial charge in [-0.1, -0.05) is 0 Å². The molecule has 38 heavy (non-hydrogen) atoms. The Morgan fingerprint density at radius 2 is 0.816 bits per heavy atom. The van der Waals surface area contributed by atoms with E-state index in [1.807, 2.05) is 0 Å². The van der Waals surface area contributed by atoms with E-state index in [9.17, 15) is 19.2 Å². The smallest absolute Gasteiger partial charge is 0.343 e. The number of carbonyl (C=O) groups excluding carboxylic acids is 4. The number of hydrogen-bond donors (Lipinski definition) is 0. The zero-order valence-electron chi connectivity index (χ0n) is 20.0. The Morgan fingerprint density at radius 1 is 0.526 bits per heavy atom. The molecular weight excluding hydrogens is 496 g/mol. The first-order valence-electron chi connectivity index (χ1n) is 11.8. The summed E-state index contributed by atoms with van der Waals surface area (Å²) in [5.41, 5.74) is 1.12. The normalized spacial score (nSPS) is 17.2. The van der Waals surface area contributed by atoms with Gasteiger partial charge in [0, 0.05) is 0 Å². The first kappa shape index (κ1) is 25.1. The number of benzene rings is 3. The summed E-state index contributed by atoms with van der Waals surface area (Å²) in [5.74, 6) is -1.76. The van der Waals surface area contributed by atoms with Crippen LogP contribution in [0.25, 0.3) is 0 Å². The second-order valence-corrected chi connectivity index (χ2v) is 8.51. The van der Waals surface area contributed by atoms with Gasteiger partial charge in [0.25, 0.3) is 0 Å². The maximum absolute atomic E-state index is 12.4. The van der Waals surface area contributed by atoms with Crippen molar-refractivity contribution in [1.82, 2.24) is 0 Å². The van der Waals surface area contributed by atoms with Gasteiger partial charge in [-0.15, -0.1) is 0 Å². The Morgan fingerprint density at radius 3 is 1.11 bits per heavy atom. The van der Waals surface area contributed by atoms with Crippen molar-refractivity contribution in [3.63, 3.8) is 0 Å². The van der Waals surface area contributed by atoms with E-state index < -0.39 is 23.9 Å². The minimum absolute atomic E-state index is 0.0281. The van der Waals surface area contributed by atoms with Gasteiger partial charge in [-0.3, -0.25) is 0 Å². The first-order valence-corrected chi connectivity index (χ1v) is 11.8. The molecule has 0 bridgehead atoms. The molecule has 0 saturated carbocycles. The van der Waals surface area contributed by atoms with Gasteiger partial charge in [-0.2, -0.15) is 0 Å². The summed E-state index contributed by atoms with van der Waals surface area (Å²) in [6.07, 6.45) is -0.0561. The Labute approximate surface area is 217 Å². The van der Waals surface area contributed by atoms with Crippen molar-refractivity contribution in [3.8, 4) is 11.5 Å². The molecule has 2 unspecified atom stereocenters. The summed E-state index contributed by atoms with van der Waals surface area (Å²) < 4.78 is 30.9. The molecule has 2 saturated heterocycles. The number of hydrogen-bond acceptors (Lipinski definition) is 10. The fraction of sp³-hybridized carbons (Fsp3) is 0.214. The van der Waals surface area contributed by atoms with Crippen LogP contribution in [0.1, 0.15) is 41.4 Å². The molecule has 2 aliphatic rings. The summed E-state index contributed by atoms with van der Waals surface area (Å²) in [5, 5.41) is 0. The highest BCUT2D eigenvalue weighted by Gasteiger charge is 2.25. The molecule has 0 aromatic heterocycles. The zero-order valence-corrected chi connectivity index (χ0v) is 20.0. The molecule has 10 nitrogen and oxygen atoms in total. The molecule has 2 fully saturated rings. The van der Waals surface area contributed by atoms with E-state index >= 15 is 0 Å². The lowest BCUT2D eigenvalue weighted by Crippen LogP contribution is -2.12. The second kappa shape index (κ2) is 11.2. The highest BCUT2D eigenvalue weighted by molar-refractivity contribution is 5.95. The average Bonchev–Trinajstić information content (AvgIpc) is 3.87. The highest BCUT2D eigenvalue weighted by atomic mass is 16.6. The molecule has 5 rings (SSSR count). The number of epoxide rings is 2. The summed E-state index contributed by atoms with van der Waals surface area (Å²) in [6, 6.07) is 17.7. The van der Waals surface area contributed by atoms with E-state index in [-0.39, 0.29) is 48.0 Å². The van der Waals surface area contributed by atoms with Crippen molar-refractivity contribution in [2.45, 2.75) is 12.2 Å². The van der Waals surface area contributed by atoms with Crippen LogP contribution in [0, 0.1) is 0 Å². The molecule has 2 heterocycles. The van der Waals surface area contributed by atoms with E-state index in [0.29, 0.717) is 24.3 Å². The Balaban J connectivity index is 1.10. The SMILES string of the molecule is O=C(OCC1CO1)c1ccc(C(=O)Oc2ccc(OC(=O)c3ccc(C(=O)OCC4CO4)cc3)cc2)cc1. The van der Waals surface area contributed by atoms with Crippen LogP contribution >= 0.6 is 0 Å². The molecule has 0 N–H and O–H groups in total. The maximum Gasteiger partial charge on any atom is 0.343 e. The number of esters is 4. The molecule has 0 aliphatic carbocycles. The number of rotatable bonds is 10. The molecule has 0 spiro atoms. The van der Waals surface area contributed by atoms with Crippen LogP contribution in [0.4, 0.5) is 0 Å². The summed E-state index contributed by atoms with van der Waals surface area (Å²) in [4.78, 5) is 48.8. The molecule has 3 aromatic carbocycles. The van der Waals surface area contributed by atoms with Crippen LogP contribution in [-0.4, -0.2) is 62.5 Å². The quantitative estimate of drug-likeness (QED) is 0.224. The second-order valence-electron chi connectivity index (χ2n) is 8.51. The van der Waals surface area contributed by atoms with Crippen LogP contribution in [0.15, 0.2) is 72.8 Å². The van der Waals surface area contributed by atoms with E-state index in [1.54, 1.807) is 0 Å². The van der Waals surface area contributed by atoms with Gasteiger partial charge in [0.2, 0.25) is 0 Å². The van der Waals surface area contributed by atoms with Crippen molar-refractivity contribution in [1.29, 1.82) is 0 Å². The minimum atomic E-state index is -0.621. The van der Waals surface area contributed by atoms with Crippen LogP contribution in [0.2, 0.25) is 0 Å². The van der Waals surface area contributed by atoms with Gasteiger partial charge in [-0.05, 0) is 72.8 Å². The molecule has 194 valence electrons. The van der Waals surface area contributed by atoms with Crippen molar-refractivity contribution in [3.05, 3.63) is 95.1 Å². The molecule has 10 heteroatoms. The lowest BCUT2D eigenvalue weighted by Gasteiger charge is -2.08. The first-order chi connectivity index (χ1) is 18.4. The maximum atomic E-state index is 12.4.